The average molecular weight is 676 g/mol. The Labute approximate surface area is 296 Å². The molecular formula is C45H29N3O2S. The number of hydrogen-bond donors (Lipinski definition) is 2. The predicted molar refractivity (Wildman–Crippen MR) is 210 cm³/mol. The molecule has 0 saturated heterocycles. The molecule has 0 bridgehead atoms. The van der Waals surface area contributed by atoms with E-state index in [9.17, 15) is 0 Å². The largest absolute Gasteiger partial charge is 0.456 e. The number of nitrogens with one attached hydrogen (secondary N) is 2. The molecule has 6 heteroatoms. The highest BCUT2D eigenvalue weighted by Gasteiger charge is 2.27. The molecule has 3 aromatic heterocycles. The lowest BCUT2D eigenvalue weighted by Crippen LogP contribution is -2.44. The van der Waals surface area contributed by atoms with Crippen LogP contribution >= 0.6 is 11.3 Å². The van der Waals surface area contributed by atoms with Crippen LogP contribution in [0, 0.1) is 0 Å². The summed E-state index contributed by atoms with van der Waals surface area (Å²) < 4.78 is 15.4. The van der Waals surface area contributed by atoms with E-state index in [4.69, 9.17) is 13.8 Å². The van der Waals surface area contributed by atoms with E-state index in [1.54, 1.807) is 0 Å². The third kappa shape index (κ3) is 4.61. The van der Waals surface area contributed by atoms with Crippen molar-refractivity contribution in [2.24, 2.45) is 4.99 Å². The Morgan fingerprint density at radius 1 is 0.490 bits per heavy atom. The molecule has 11 rings (SSSR count). The highest BCUT2D eigenvalue weighted by Crippen LogP contribution is 2.41. The van der Waals surface area contributed by atoms with Crippen molar-refractivity contribution < 1.29 is 8.83 Å². The van der Waals surface area contributed by atoms with Gasteiger partial charge in [-0.2, -0.15) is 0 Å². The molecule has 0 fully saturated rings. The van der Waals surface area contributed by atoms with Crippen LogP contribution in [0.2, 0.25) is 0 Å². The normalized spacial score (nSPS) is 16.4. The molecule has 0 aliphatic carbocycles. The van der Waals surface area contributed by atoms with Crippen molar-refractivity contribution in [2.45, 2.75) is 12.3 Å². The fourth-order valence-corrected chi connectivity index (χ4v) is 8.91. The van der Waals surface area contributed by atoms with E-state index in [-0.39, 0.29) is 12.3 Å². The molecule has 0 saturated carbocycles. The summed E-state index contributed by atoms with van der Waals surface area (Å²) in [5, 5.41) is 14.5. The van der Waals surface area contributed by atoms with Crippen LogP contribution in [-0.4, -0.2) is 5.84 Å². The molecule has 0 radical (unpaired) electrons. The first-order valence-corrected chi connectivity index (χ1v) is 18.0. The zero-order valence-corrected chi connectivity index (χ0v) is 28.1. The summed E-state index contributed by atoms with van der Waals surface area (Å²) in [6.07, 6.45) is -0.492. The highest BCUT2D eigenvalue weighted by atomic mass is 32.1. The maximum atomic E-state index is 6.63. The topological polar surface area (TPSA) is 62.7 Å². The van der Waals surface area contributed by atoms with Crippen LogP contribution in [0.4, 0.5) is 0 Å². The molecule has 2 atom stereocenters. The molecule has 1 aliphatic heterocycles. The minimum atomic E-state index is -0.282. The maximum absolute atomic E-state index is 6.63. The maximum Gasteiger partial charge on any atom is 0.136 e. The quantitative estimate of drug-likeness (QED) is 0.195. The van der Waals surface area contributed by atoms with Gasteiger partial charge in [-0.3, -0.25) is 5.32 Å². The zero-order valence-electron chi connectivity index (χ0n) is 27.3. The summed E-state index contributed by atoms with van der Waals surface area (Å²) in [7, 11) is 0. The van der Waals surface area contributed by atoms with E-state index in [0.717, 1.165) is 72.0 Å². The zero-order chi connectivity index (χ0) is 33.5. The number of furan rings is 2. The van der Waals surface area contributed by atoms with Crippen molar-refractivity contribution in [1.82, 2.24) is 10.6 Å². The van der Waals surface area contributed by atoms with E-state index in [0.29, 0.717) is 0 Å². The number of para-hydroxylation sites is 1. The number of benzene rings is 7. The minimum Gasteiger partial charge on any atom is -0.456 e. The van der Waals surface area contributed by atoms with Crippen LogP contribution in [0.25, 0.3) is 75.2 Å². The van der Waals surface area contributed by atoms with Crippen LogP contribution < -0.4 is 10.6 Å². The summed E-state index contributed by atoms with van der Waals surface area (Å²) in [5.41, 5.74) is 9.06. The standard InChI is InChI=1S/C45H29N3O2S/c1-2-9-26(10-3-1)43-46-44(28-19-22-38-36(23-28)31-11-4-6-15-37(31)49-38)48-45(47-43)29-18-21-33-32-20-17-27(24-39(32)50-40(33)25-29)30-13-8-14-35-34-12-5-7-16-41(34)51-42(30)35/h1-25,44-45,48H,(H,46,47). The number of hydrogen-bond acceptors (Lipinski definition) is 6. The predicted octanol–water partition coefficient (Wildman–Crippen LogP) is 11.9. The molecule has 10 aromatic rings. The Bertz CT molecular complexity index is 3010. The fourth-order valence-electron chi connectivity index (χ4n) is 7.67. The number of rotatable bonds is 4. The van der Waals surface area contributed by atoms with Crippen molar-refractivity contribution in [3.05, 3.63) is 168 Å². The second-order valence-electron chi connectivity index (χ2n) is 13.2. The monoisotopic (exact) mass is 675 g/mol. The summed E-state index contributed by atoms with van der Waals surface area (Å²) in [5.74, 6) is 0.839. The van der Waals surface area contributed by atoms with Gasteiger partial charge in [0.2, 0.25) is 0 Å². The van der Waals surface area contributed by atoms with Gasteiger partial charge in [0.25, 0.3) is 0 Å². The van der Waals surface area contributed by atoms with E-state index < -0.39 is 0 Å². The second-order valence-corrected chi connectivity index (χ2v) is 14.2. The minimum absolute atomic E-state index is 0.210. The molecular weight excluding hydrogens is 647 g/mol. The lowest BCUT2D eigenvalue weighted by Gasteiger charge is -2.32. The lowest BCUT2D eigenvalue weighted by molar-refractivity contribution is 0.409. The Kier molecular flexibility index (Phi) is 6.26. The first kappa shape index (κ1) is 28.6. The molecule has 0 spiro atoms. The van der Waals surface area contributed by atoms with E-state index >= 15 is 0 Å². The van der Waals surface area contributed by atoms with Gasteiger partial charge < -0.3 is 14.2 Å². The Morgan fingerprint density at radius 2 is 1.20 bits per heavy atom. The molecule has 51 heavy (non-hydrogen) atoms. The summed E-state index contributed by atoms with van der Waals surface area (Å²) in [6, 6.07) is 53.2. The van der Waals surface area contributed by atoms with Gasteiger partial charge in [-0.25, -0.2) is 4.99 Å². The molecule has 2 N–H and O–H groups in total. The van der Waals surface area contributed by atoms with Crippen LogP contribution in [0.1, 0.15) is 29.0 Å². The Morgan fingerprint density at radius 3 is 2.12 bits per heavy atom. The van der Waals surface area contributed by atoms with Gasteiger partial charge in [0.05, 0.1) is 0 Å². The highest BCUT2D eigenvalue weighted by molar-refractivity contribution is 7.26. The van der Waals surface area contributed by atoms with Crippen molar-refractivity contribution in [2.75, 3.05) is 0 Å². The third-order valence-corrected chi connectivity index (χ3v) is 11.4. The fraction of sp³-hybridized carbons (Fsp3) is 0.0444. The van der Waals surface area contributed by atoms with E-state index in [2.05, 4.69) is 132 Å². The van der Waals surface area contributed by atoms with Crippen LogP contribution in [-0.2, 0) is 0 Å². The Balaban J connectivity index is 0.984. The van der Waals surface area contributed by atoms with Gasteiger partial charge in [0, 0.05) is 47.3 Å². The number of aliphatic imine (C=N–C) groups is 1. The van der Waals surface area contributed by atoms with E-state index in [1.165, 1.54) is 25.7 Å². The molecule has 1 aliphatic rings. The first-order valence-electron chi connectivity index (χ1n) is 17.2. The van der Waals surface area contributed by atoms with Gasteiger partial charge in [0.15, 0.2) is 0 Å². The van der Waals surface area contributed by atoms with Crippen molar-refractivity contribution in [1.29, 1.82) is 0 Å². The number of amidine groups is 1. The summed E-state index contributed by atoms with van der Waals surface area (Å²) in [4.78, 5) is 5.18. The number of thiophene rings is 1. The first-order chi connectivity index (χ1) is 25.2. The number of fused-ring (bicyclic) bond motifs is 9. The summed E-state index contributed by atoms with van der Waals surface area (Å²) in [6.45, 7) is 0. The van der Waals surface area contributed by atoms with Crippen molar-refractivity contribution in [3.8, 4) is 11.1 Å². The smallest absolute Gasteiger partial charge is 0.136 e. The van der Waals surface area contributed by atoms with Gasteiger partial charge >= 0.3 is 0 Å². The van der Waals surface area contributed by atoms with Crippen LogP contribution in [0.5, 0.6) is 0 Å². The SMILES string of the molecule is c1ccc(C2=NC(c3ccc4oc5ccccc5c4c3)NC(c3ccc4c(c3)oc3cc(-c5cccc6c5sc5ccccc56)ccc34)N2)cc1. The lowest BCUT2D eigenvalue weighted by atomic mass is 10.0. The van der Waals surface area contributed by atoms with Gasteiger partial charge in [-0.05, 0) is 64.7 Å². The van der Waals surface area contributed by atoms with Crippen LogP contribution in [0.15, 0.2) is 165 Å². The molecule has 242 valence electrons. The molecule has 2 unspecified atom stereocenters. The summed E-state index contributed by atoms with van der Waals surface area (Å²) >= 11 is 1.85. The van der Waals surface area contributed by atoms with Gasteiger partial charge in [-0.1, -0.05) is 109 Å². The third-order valence-electron chi connectivity index (χ3n) is 10.2. The molecule has 4 heterocycles. The second kappa shape index (κ2) is 11.2. The van der Waals surface area contributed by atoms with Crippen LogP contribution in [0.3, 0.4) is 0 Å². The van der Waals surface area contributed by atoms with Crippen molar-refractivity contribution in [3.63, 3.8) is 0 Å². The molecule has 0 amide bonds. The Hall–Kier alpha value is -6.21. The van der Waals surface area contributed by atoms with Gasteiger partial charge in [0.1, 0.15) is 40.5 Å². The van der Waals surface area contributed by atoms with Crippen molar-refractivity contribution >= 4 is 81.2 Å². The van der Waals surface area contributed by atoms with Gasteiger partial charge in [-0.15, -0.1) is 11.3 Å². The molecule has 5 nitrogen and oxygen atoms in total. The molecule has 7 aromatic carbocycles. The van der Waals surface area contributed by atoms with E-state index in [1.807, 2.05) is 41.7 Å². The average Bonchev–Trinajstić information content (AvgIpc) is 3.88. The number of nitrogens with zero attached hydrogens (tertiary/aromatic N) is 1.